The number of H-pyrrole nitrogens is 1. The van der Waals surface area contributed by atoms with E-state index in [9.17, 15) is 24.1 Å². The highest BCUT2D eigenvalue weighted by Crippen LogP contribution is 2.46. The maximum absolute atomic E-state index is 15.6. The van der Waals surface area contributed by atoms with Crippen molar-refractivity contribution in [3.8, 4) is 5.75 Å². The zero-order chi connectivity index (χ0) is 41.2. The Balaban J connectivity index is 1.29. The van der Waals surface area contributed by atoms with Crippen molar-refractivity contribution in [2.24, 2.45) is 0 Å². The van der Waals surface area contributed by atoms with Gasteiger partial charge in [0, 0.05) is 31.8 Å². The zero-order valence-corrected chi connectivity index (χ0v) is 33.8. The smallest absolute Gasteiger partial charge is 0.413 e. The highest BCUT2D eigenvalue weighted by atomic mass is 31.2. The van der Waals surface area contributed by atoms with E-state index in [0.717, 1.165) is 62.3 Å². The molecule has 1 aromatic heterocycles. The topological polar surface area (TPSA) is 170 Å². The second-order valence-electron chi connectivity index (χ2n) is 13.2. The van der Waals surface area contributed by atoms with E-state index in [2.05, 4.69) is 78.1 Å². The molecule has 5 atom stereocenters. The maximum atomic E-state index is 15.6. The third kappa shape index (κ3) is 18.1. The maximum Gasteiger partial charge on any atom is 0.458 e. The number of aromatic amines is 1. The monoisotopic (exact) mass is 812 g/mol. The molecule has 312 valence electrons. The highest BCUT2D eigenvalue weighted by Gasteiger charge is 2.55. The van der Waals surface area contributed by atoms with Crippen LogP contribution in [0.25, 0.3) is 0 Å². The fourth-order valence-corrected chi connectivity index (χ4v) is 6.74. The third-order valence-electron chi connectivity index (χ3n) is 8.45. The summed E-state index contributed by atoms with van der Waals surface area (Å²) in [6, 6.07) is 9.24. The van der Waals surface area contributed by atoms with E-state index >= 15 is 4.39 Å². The van der Waals surface area contributed by atoms with Crippen LogP contribution >= 0.6 is 7.75 Å². The van der Waals surface area contributed by atoms with Crippen LogP contribution in [0.15, 0.2) is 125 Å². The Labute approximate surface area is 334 Å². The van der Waals surface area contributed by atoms with Gasteiger partial charge in [0.25, 0.3) is 5.56 Å². The van der Waals surface area contributed by atoms with Gasteiger partial charge in [-0.05, 0) is 64.0 Å². The molecule has 1 unspecified atom stereocenters. The van der Waals surface area contributed by atoms with E-state index in [4.69, 9.17) is 18.5 Å². The second kappa shape index (κ2) is 26.5. The second-order valence-corrected chi connectivity index (χ2v) is 14.9. The summed E-state index contributed by atoms with van der Waals surface area (Å²) in [5, 5.41) is 16.2. The number of aliphatic hydroxyl groups excluding tert-OH is 1. The number of nitrogens with zero attached hydrogens (tertiary/aromatic N) is 1. The Morgan fingerprint density at radius 1 is 0.912 bits per heavy atom. The molecule has 0 radical (unpaired) electrons. The Bertz CT molecular complexity index is 1820. The number of carbonyl (C=O) groups excluding carboxylic acids is 1. The average Bonchev–Trinajstić information content (AvgIpc) is 3.41. The summed E-state index contributed by atoms with van der Waals surface area (Å²) in [5.41, 5.74) is -4.07. The van der Waals surface area contributed by atoms with E-state index in [1.54, 1.807) is 30.3 Å². The van der Waals surface area contributed by atoms with Gasteiger partial charge in [0.15, 0.2) is 11.9 Å². The normalized spacial score (nSPS) is 21.2. The first-order chi connectivity index (χ1) is 27.6. The highest BCUT2D eigenvalue weighted by molar-refractivity contribution is 7.52. The van der Waals surface area contributed by atoms with Gasteiger partial charge in [-0.25, -0.2) is 18.8 Å². The minimum absolute atomic E-state index is 0.0189. The minimum Gasteiger partial charge on any atom is -0.413 e. The molecule has 0 saturated carbocycles. The predicted octanol–water partition coefficient (Wildman–Crippen LogP) is 6.93. The quantitative estimate of drug-likeness (QED) is 0.0422. The first kappa shape index (κ1) is 46.9. The van der Waals surface area contributed by atoms with Gasteiger partial charge in [-0.15, -0.1) is 0 Å². The van der Waals surface area contributed by atoms with Gasteiger partial charge in [0.1, 0.15) is 18.0 Å². The van der Waals surface area contributed by atoms with Gasteiger partial charge in [-0.3, -0.25) is 23.7 Å². The number of aliphatic hydroxyl groups is 1. The molecule has 1 fully saturated rings. The van der Waals surface area contributed by atoms with Crippen LogP contribution in [0.1, 0.15) is 71.4 Å². The van der Waals surface area contributed by atoms with E-state index < -0.39 is 49.7 Å². The third-order valence-corrected chi connectivity index (χ3v) is 10.0. The van der Waals surface area contributed by atoms with Crippen molar-refractivity contribution in [3.63, 3.8) is 0 Å². The molecule has 2 heterocycles. The molecule has 0 bridgehead atoms. The summed E-state index contributed by atoms with van der Waals surface area (Å²) < 4.78 is 52.6. The molecule has 4 N–H and O–H groups in total. The van der Waals surface area contributed by atoms with Crippen molar-refractivity contribution in [1.82, 2.24) is 20.0 Å². The van der Waals surface area contributed by atoms with E-state index in [1.807, 2.05) is 17.1 Å². The number of hydrogen-bond acceptors (Lipinski definition) is 9. The molecular formula is C42H58FN4O9P. The number of rotatable bonds is 27. The zero-order valence-electron chi connectivity index (χ0n) is 32.9. The minimum atomic E-state index is -4.13. The van der Waals surface area contributed by atoms with Crippen molar-refractivity contribution < 1.29 is 37.4 Å². The molecule has 1 amide bonds. The van der Waals surface area contributed by atoms with Crippen LogP contribution in [0, 0.1) is 0 Å². The summed E-state index contributed by atoms with van der Waals surface area (Å²) in [6.45, 7) is 3.21. The van der Waals surface area contributed by atoms with Crippen LogP contribution in [0.5, 0.6) is 5.75 Å². The molecule has 15 heteroatoms. The number of benzene rings is 1. The van der Waals surface area contributed by atoms with Crippen molar-refractivity contribution in [2.75, 3.05) is 32.9 Å². The van der Waals surface area contributed by atoms with Gasteiger partial charge < -0.3 is 24.4 Å². The standard InChI is InChI=1S/C42H58FN4O9P/c1-3-4-5-6-7-8-9-10-11-12-13-14-15-16-17-18-19-20-24-27-37(48)44-29-32-53-33-30-45-57(52,56-35-25-22-21-23-26-35)54-34-36-39(50)42(2,43)40(55-36)47-31-28-38(49)46-41(47)51/h4-5,7-8,10-11,13-14,16-17,19-23,25-26,28,31,36,39-40,50H,3,6,9,12,15,18,24,27,29-30,32-34H2,1-2H3,(H,44,48)(H,45,52)(H,46,49,51)/b5-4-,8-7-,11-10-,14-13-,17-16-,20-19-/t36-,39-,40-,42-,57?/m1/s1. The first-order valence-corrected chi connectivity index (χ1v) is 20.9. The number of hydrogen-bond donors (Lipinski definition) is 4. The first-order valence-electron chi connectivity index (χ1n) is 19.4. The molecular weight excluding hydrogens is 754 g/mol. The lowest BCUT2D eigenvalue weighted by molar-refractivity contribution is -0.121. The number of ether oxygens (including phenoxy) is 2. The molecule has 0 aliphatic carbocycles. The number of halogens is 1. The molecule has 57 heavy (non-hydrogen) atoms. The van der Waals surface area contributed by atoms with Crippen LogP contribution in [-0.2, 0) is 23.4 Å². The lowest BCUT2D eigenvalue weighted by atomic mass is 9.98. The SMILES string of the molecule is CC/C=C\C/C=C\C/C=C\C/C=C\C/C=C\C/C=C\CCC(=O)NCCOCCNP(=O)(OC[C@H]1O[C@@H](n2ccc(=O)[nH]c2=O)[C@](C)(F)[C@@H]1O)Oc1ccccc1. The van der Waals surface area contributed by atoms with E-state index in [-0.39, 0.29) is 38.0 Å². The van der Waals surface area contributed by atoms with E-state index in [0.29, 0.717) is 12.8 Å². The van der Waals surface area contributed by atoms with Gasteiger partial charge in [-0.1, -0.05) is 98.0 Å². The number of carbonyl (C=O) groups is 1. The number of alkyl halides is 1. The number of allylic oxidation sites excluding steroid dienone is 12. The molecule has 1 aromatic carbocycles. The number of aromatic nitrogens is 2. The molecule has 3 rings (SSSR count). The lowest BCUT2D eigenvalue weighted by Gasteiger charge is -2.24. The van der Waals surface area contributed by atoms with Crippen molar-refractivity contribution in [2.45, 2.75) is 89.3 Å². The number of amides is 1. The van der Waals surface area contributed by atoms with Gasteiger partial charge in [-0.2, -0.15) is 0 Å². The molecule has 13 nitrogen and oxygen atoms in total. The molecule has 1 aliphatic rings. The molecule has 1 saturated heterocycles. The summed E-state index contributed by atoms with van der Waals surface area (Å²) in [5.74, 6) is 0.126. The number of para-hydroxylation sites is 1. The van der Waals surface area contributed by atoms with Crippen LogP contribution in [-0.4, -0.2) is 71.4 Å². The Morgan fingerprint density at radius 3 is 2.09 bits per heavy atom. The Hall–Kier alpha value is -4.43. The fraction of sp³-hybridized carbons (Fsp3) is 0.452. The van der Waals surface area contributed by atoms with E-state index in [1.165, 1.54) is 0 Å². The van der Waals surface area contributed by atoms with Gasteiger partial charge in [0.05, 0.1) is 19.8 Å². The lowest BCUT2D eigenvalue weighted by Crippen LogP contribution is -2.43. The summed E-state index contributed by atoms with van der Waals surface area (Å²) in [6.07, 6.45) is 28.6. The Morgan fingerprint density at radius 2 is 1.49 bits per heavy atom. The summed E-state index contributed by atoms with van der Waals surface area (Å²) in [7, 11) is -4.13. The molecule has 2 aromatic rings. The molecule has 1 aliphatic heterocycles. The van der Waals surface area contributed by atoms with Gasteiger partial charge >= 0.3 is 13.4 Å². The van der Waals surface area contributed by atoms with Crippen LogP contribution < -0.4 is 26.2 Å². The largest absolute Gasteiger partial charge is 0.458 e. The fourth-order valence-electron chi connectivity index (χ4n) is 5.42. The molecule has 0 spiro atoms. The van der Waals surface area contributed by atoms with Crippen LogP contribution in [0.2, 0.25) is 0 Å². The van der Waals surface area contributed by atoms with Crippen LogP contribution in [0.4, 0.5) is 4.39 Å². The van der Waals surface area contributed by atoms with Crippen molar-refractivity contribution >= 4 is 13.7 Å². The predicted molar refractivity (Wildman–Crippen MR) is 221 cm³/mol. The van der Waals surface area contributed by atoms with Crippen molar-refractivity contribution in [3.05, 3.63) is 136 Å². The van der Waals surface area contributed by atoms with Gasteiger partial charge in [0.2, 0.25) is 5.91 Å². The van der Waals surface area contributed by atoms with Crippen LogP contribution in [0.3, 0.4) is 0 Å². The summed E-state index contributed by atoms with van der Waals surface area (Å²) >= 11 is 0. The Kier molecular flexibility index (Phi) is 21.8. The average molecular weight is 813 g/mol. The summed E-state index contributed by atoms with van der Waals surface area (Å²) in [4.78, 5) is 38.0. The number of nitrogens with one attached hydrogen (secondary N) is 3. The van der Waals surface area contributed by atoms with Crippen molar-refractivity contribution in [1.29, 1.82) is 0 Å².